The molecule has 0 aliphatic heterocycles. The van der Waals surface area contributed by atoms with E-state index in [1.165, 1.54) is 26.7 Å². The number of rotatable bonds is 5. The minimum absolute atomic E-state index is 0.0665. The monoisotopic (exact) mass is 378 g/mol. The van der Waals surface area contributed by atoms with E-state index in [9.17, 15) is 0 Å². The zero-order valence-corrected chi connectivity index (χ0v) is 20.5. The van der Waals surface area contributed by atoms with Crippen molar-refractivity contribution in [1.29, 1.82) is 0 Å². The highest BCUT2D eigenvalue weighted by atomic mass is 32.0. The average molecular weight is 379 g/mol. The van der Waals surface area contributed by atoms with Gasteiger partial charge in [0.05, 0.1) is 11.0 Å². The maximum atomic E-state index is 6.37. The van der Waals surface area contributed by atoms with Gasteiger partial charge in [0.15, 0.2) is 16.6 Å². The molecule has 0 heterocycles. The first kappa shape index (κ1) is 22.7. The van der Waals surface area contributed by atoms with Gasteiger partial charge in [-0.1, -0.05) is 41.5 Å². The minimum Gasteiger partial charge on any atom is -0.384 e. The Bertz CT molecular complexity index is 389. The summed E-state index contributed by atoms with van der Waals surface area (Å²) in [6.45, 7) is 26.9. The van der Waals surface area contributed by atoms with Crippen LogP contribution >= 0.6 is 15.8 Å². The normalized spacial score (nSPS) is 16.2. The molecule has 0 bridgehead atoms. The predicted octanol–water partition coefficient (Wildman–Crippen LogP) is 6.85. The first-order valence-corrected chi connectivity index (χ1v) is 17.3. The second kappa shape index (κ2) is 7.72. The maximum Gasteiger partial charge on any atom is 0.191 e. The molecule has 0 fully saturated rings. The summed E-state index contributed by atoms with van der Waals surface area (Å²) in [6.07, 6.45) is 0. The number of hydrogen-bond donors (Lipinski definition) is 0. The van der Waals surface area contributed by atoms with Crippen LogP contribution < -0.4 is 0 Å². The SMILES string of the molecule is CC(C)(C)C(O[Si](C)(C)C)=PP=C(O[Si](C)(C)C)C(C)(C)C. The molecule has 0 spiro atoms. The van der Waals surface area contributed by atoms with Gasteiger partial charge in [0.1, 0.15) is 0 Å². The standard InChI is InChI=1S/C16H36O2P2Si2/c1-15(2,3)13(17-21(7,8)9)19-20-14(16(4,5)6)18-22(10,11)12/h1-12H3. The molecule has 0 saturated heterocycles. The van der Waals surface area contributed by atoms with Crippen molar-refractivity contribution in [3.63, 3.8) is 0 Å². The van der Waals surface area contributed by atoms with Crippen LogP contribution in [0.25, 0.3) is 0 Å². The van der Waals surface area contributed by atoms with Gasteiger partial charge in [0, 0.05) is 10.8 Å². The van der Waals surface area contributed by atoms with E-state index in [1.807, 2.05) is 0 Å². The summed E-state index contributed by atoms with van der Waals surface area (Å²) in [7, 11) is -0.727. The molecule has 0 aromatic rings. The van der Waals surface area contributed by atoms with Crippen molar-refractivity contribution in [3.05, 3.63) is 0 Å². The second-order valence-corrected chi connectivity index (χ2v) is 21.0. The molecule has 0 aliphatic rings. The molecule has 0 radical (unpaired) electrons. The lowest BCUT2D eigenvalue weighted by Gasteiger charge is -2.30. The van der Waals surface area contributed by atoms with Gasteiger partial charge in [-0.3, -0.25) is 0 Å². The topological polar surface area (TPSA) is 18.5 Å². The van der Waals surface area contributed by atoms with Gasteiger partial charge in [-0.2, -0.15) is 0 Å². The molecule has 0 rings (SSSR count). The molecule has 0 aromatic heterocycles. The van der Waals surface area contributed by atoms with Crippen LogP contribution in [-0.2, 0) is 8.85 Å². The number of hydrogen-bond acceptors (Lipinski definition) is 2. The van der Waals surface area contributed by atoms with Crippen molar-refractivity contribution >= 4 is 43.4 Å². The van der Waals surface area contributed by atoms with Crippen LogP contribution in [0.1, 0.15) is 41.5 Å². The molecule has 0 aliphatic carbocycles. The summed E-state index contributed by atoms with van der Waals surface area (Å²) in [4.78, 5) is 0. The summed E-state index contributed by atoms with van der Waals surface area (Å²) in [5.41, 5.74) is 2.51. The quantitative estimate of drug-likeness (QED) is 0.385. The van der Waals surface area contributed by atoms with Crippen LogP contribution in [0.15, 0.2) is 0 Å². The van der Waals surface area contributed by atoms with E-state index in [0.717, 1.165) is 0 Å². The highest BCUT2D eigenvalue weighted by molar-refractivity contribution is 8.10. The van der Waals surface area contributed by atoms with Gasteiger partial charge in [0.2, 0.25) is 0 Å². The van der Waals surface area contributed by atoms with Crippen molar-refractivity contribution in [3.8, 4) is 0 Å². The molecule has 130 valence electrons. The third kappa shape index (κ3) is 10.5. The summed E-state index contributed by atoms with van der Waals surface area (Å²) in [5.74, 6) is 0. The molecule has 0 aromatic carbocycles. The molecule has 0 atom stereocenters. The van der Waals surface area contributed by atoms with E-state index >= 15 is 0 Å². The molecule has 0 N–H and O–H groups in total. The van der Waals surface area contributed by atoms with Crippen LogP contribution in [0.4, 0.5) is 0 Å². The smallest absolute Gasteiger partial charge is 0.191 e. The Balaban J connectivity index is 5.70. The van der Waals surface area contributed by atoms with Crippen molar-refractivity contribution in [2.24, 2.45) is 10.8 Å². The van der Waals surface area contributed by atoms with Crippen molar-refractivity contribution in [2.45, 2.75) is 80.8 Å². The Morgan fingerprint density at radius 1 is 0.591 bits per heavy atom. The van der Waals surface area contributed by atoms with Crippen molar-refractivity contribution < 1.29 is 8.85 Å². The van der Waals surface area contributed by atoms with Gasteiger partial charge in [0.25, 0.3) is 0 Å². The van der Waals surface area contributed by atoms with Crippen LogP contribution in [0.5, 0.6) is 0 Å². The summed E-state index contributed by atoms with van der Waals surface area (Å²) in [6, 6.07) is 0. The van der Waals surface area contributed by atoms with E-state index < -0.39 is 16.6 Å². The van der Waals surface area contributed by atoms with Gasteiger partial charge in [-0.25, -0.2) is 0 Å². The molecule has 0 unspecified atom stereocenters. The molecule has 6 heteroatoms. The molecular weight excluding hydrogens is 342 g/mol. The first-order valence-electron chi connectivity index (χ1n) is 7.96. The van der Waals surface area contributed by atoms with Crippen molar-refractivity contribution in [1.82, 2.24) is 0 Å². The zero-order valence-electron chi connectivity index (χ0n) is 16.7. The third-order valence-electron chi connectivity index (χ3n) is 2.32. The minimum atomic E-state index is -1.58. The van der Waals surface area contributed by atoms with E-state index in [2.05, 4.69) is 80.8 Å². The fourth-order valence-electron chi connectivity index (χ4n) is 1.32. The highest BCUT2D eigenvalue weighted by Crippen LogP contribution is 2.36. The van der Waals surface area contributed by atoms with Crippen LogP contribution in [0, 0.1) is 10.8 Å². The summed E-state index contributed by atoms with van der Waals surface area (Å²) in [5, 5.41) is 0. The summed E-state index contributed by atoms with van der Waals surface area (Å²) >= 11 is 0. The van der Waals surface area contributed by atoms with E-state index in [4.69, 9.17) is 8.85 Å². The molecule has 22 heavy (non-hydrogen) atoms. The van der Waals surface area contributed by atoms with Gasteiger partial charge < -0.3 is 8.85 Å². The maximum absolute atomic E-state index is 6.37. The Kier molecular flexibility index (Phi) is 7.96. The predicted molar refractivity (Wildman–Crippen MR) is 112 cm³/mol. The van der Waals surface area contributed by atoms with Crippen LogP contribution in [-0.4, -0.2) is 27.6 Å². The van der Waals surface area contributed by atoms with E-state index in [-0.39, 0.29) is 10.8 Å². The first-order chi connectivity index (χ1) is 9.42. The van der Waals surface area contributed by atoms with E-state index in [0.29, 0.717) is 0 Å². The molecular formula is C16H36O2P2Si2. The summed E-state index contributed by atoms with van der Waals surface area (Å²) < 4.78 is 12.7. The molecule has 0 saturated carbocycles. The van der Waals surface area contributed by atoms with Gasteiger partial charge in [-0.05, 0) is 55.1 Å². The van der Waals surface area contributed by atoms with Gasteiger partial charge >= 0.3 is 0 Å². The second-order valence-electron chi connectivity index (χ2n) is 9.74. The lowest BCUT2D eigenvalue weighted by molar-refractivity contribution is 0.446. The molecule has 2 nitrogen and oxygen atoms in total. The Labute approximate surface area is 144 Å². The highest BCUT2D eigenvalue weighted by Gasteiger charge is 2.28. The lowest BCUT2D eigenvalue weighted by Crippen LogP contribution is -2.35. The molecule has 0 amide bonds. The Morgan fingerprint density at radius 3 is 0.955 bits per heavy atom. The average Bonchev–Trinajstić information content (AvgIpc) is 2.15. The Morgan fingerprint density at radius 2 is 0.818 bits per heavy atom. The fraction of sp³-hybridized carbons (Fsp3) is 0.875. The van der Waals surface area contributed by atoms with E-state index in [1.54, 1.807) is 0 Å². The Hall–Kier alpha value is 0.694. The fourth-order valence-corrected chi connectivity index (χ4v) is 8.92. The van der Waals surface area contributed by atoms with Crippen LogP contribution in [0.2, 0.25) is 39.3 Å². The van der Waals surface area contributed by atoms with Crippen LogP contribution in [0.3, 0.4) is 0 Å². The zero-order chi connectivity index (χ0) is 18.0. The van der Waals surface area contributed by atoms with Crippen molar-refractivity contribution in [2.75, 3.05) is 0 Å². The van der Waals surface area contributed by atoms with Gasteiger partial charge in [-0.15, -0.1) is 0 Å². The third-order valence-corrected chi connectivity index (χ3v) is 7.67. The lowest BCUT2D eigenvalue weighted by atomic mass is 9.99. The largest absolute Gasteiger partial charge is 0.384 e.